The number of benzene rings is 1. The molecular formula is C32H45NO4. The summed E-state index contributed by atoms with van der Waals surface area (Å²) >= 11 is 0. The summed E-state index contributed by atoms with van der Waals surface area (Å²) in [5.74, 6) is 3.72. The van der Waals surface area contributed by atoms with E-state index in [1.54, 1.807) is 6.07 Å². The predicted octanol–water partition coefficient (Wildman–Crippen LogP) is 6.06. The van der Waals surface area contributed by atoms with Crippen molar-refractivity contribution in [3.63, 3.8) is 0 Å². The van der Waals surface area contributed by atoms with E-state index in [2.05, 4.69) is 20.8 Å². The van der Waals surface area contributed by atoms with E-state index < -0.39 is 0 Å². The molecule has 4 aliphatic rings. The molecular weight excluding hydrogens is 462 g/mol. The van der Waals surface area contributed by atoms with Crippen molar-refractivity contribution in [2.45, 2.75) is 104 Å². The number of nitrogens with zero attached hydrogens (tertiary/aromatic N) is 1. The quantitative estimate of drug-likeness (QED) is 0.526. The Labute approximate surface area is 221 Å². The third kappa shape index (κ3) is 4.02. The van der Waals surface area contributed by atoms with Crippen LogP contribution < -0.4 is 5.63 Å². The summed E-state index contributed by atoms with van der Waals surface area (Å²) in [6.07, 6.45) is 9.92. The lowest BCUT2D eigenvalue weighted by molar-refractivity contribution is -0.174. The summed E-state index contributed by atoms with van der Waals surface area (Å²) in [5, 5.41) is 22.4. The van der Waals surface area contributed by atoms with Gasteiger partial charge in [-0.05, 0) is 123 Å². The molecule has 0 amide bonds. The number of rotatable bonds is 4. The van der Waals surface area contributed by atoms with E-state index in [1.165, 1.54) is 25.7 Å². The highest BCUT2D eigenvalue weighted by Crippen LogP contribution is 2.68. The normalized spacial score (nSPS) is 42.2. The molecule has 0 bridgehead atoms. The lowest BCUT2D eigenvalue weighted by Gasteiger charge is -2.62. The molecule has 0 saturated heterocycles. The fraction of sp³-hybridized carbons (Fsp3) is 0.750. The van der Waals surface area contributed by atoms with Crippen molar-refractivity contribution >= 4 is 10.9 Å². The highest BCUT2D eigenvalue weighted by atomic mass is 16.4. The van der Waals surface area contributed by atoms with Crippen molar-refractivity contribution in [2.75, 3.05) is 0 Å². The standard InChI is InChI=1S/C32H45NO4/c1-18(8-11-27-33-29-19(2)6-5-7-22(29)30(36)37-27)23-9-10-24-28-25(13-15-32(23,24)4)31(3)14-12-21(34)16-20(31)17-26(28)35/h5-7,18,20-21,23-26,28,34-35H,8-17H2,1-4H3/t18-,20+,21-,23-,24+,25?,26+,28+,31+,32-/m1/s1. The Hall–Kier alpha value is -1.72. The van der Waals surface area contributed by atoms with Crippen molar-refractivity contribution in [3.8, 4) is 0 Å². The SMILES string of the molecule is Cc1cccc2c(=O)oc(CC[C@@H](C)[C@H]3CC[C@H]4[C@H]5C(CC[C@]34C)[C@@]3(C)CC[C@@H](O)C[C@H]3C[C@@H]5O)nc12. The highest BCUT2D eigenvalue weighted by Gasteiger charge is 2.62. The number of aliphatic hydroxyl groups is 2. The van der Waals surface area contributed by atoms with E-state index in [0.717, 1.165) is 43.2 Å². The molecule has 1 aromatic carbocycles. The van der Waals surface area contributed by atoms with Crippen LogP contribution in [0.4, 0.5) is 0 Å². The molecule has 5 nitrogen and oxygen atoms in total. The Morgan fingerprint density at radius 1 is 1.05 bits per heavy atom. The first-order chi connectivity index (χ1) is 17.6. The van der Waals surface area contributed by atoms with Crippen molar-refractivity contribution in [2.24, 2.45) is 46.3 Å². The number of aliphatic hydroxyl groups excluding tert-OH is 2. The highest BCUT2D eigenvalue weighted by molar-refractivity contribution is 5.80. The van der Waals surface area contributed by atoms with Gasteiger partial charge < -0.3 is 14.6 Å². The number of hydrogen-bond acceptors (Lipinski definition) is 5. The minimum Gasteiger partial charge on any atom is -0.408 e. The summed E-state index contributed by atoms with van der Waals surface area (Å²) in [6.45, 7) is 9.38. The molecule has 4 fully saturated rings. The zero-order valence-corrected chi connectivity index (χ0v) is 23.1. The topological polar surface area (TPSA) is 83.6 Å². The van der Waals surface area contributed by atoms with Crippen LogP contribution >= 0.6 is 0 Å². The molecule has 1 unspecified atom stereocenters. The Morgan fingerprint density at radius 3 is 2.62 bits per heavy atom. The Morgan fingerprint density at radius 2 is 1.81 bits per heavy atom. The maximum absolute atomic E-state index is 12.6. The molecule has 4 aliphatic carbocycles. The van der Waals surface area contributed by atoms with E-state index >= 15 is 0 Å². The van der Waals surface area contributed by atoms with Crippen molar-refractivity contribution < 1.29 is 14.6 Å². The second-order valence-electron chi connectivity index (χ2n) is 13.8. The van der Waals surface area contributed by atoms with Crippen molar-refractivity contribution in [1.82, 2.24) is 4.98 Å². The van der Waals surface area contributed by atoms with Crippen LogP contribution in [0.3, 0.4) is 0 Å². The third-order valence-corrected chi connectivity index (χ3v) is 12.1. The molecule has 37 heavy (non-hydrogen) atoms. The molecule has 0 spiro atoms. The molecule has 2 N–H and O–H groups in total. The first-order valence-corrected chi connectivity index (χ1v) is 14.9. The first-order valence-electron chi connectivity index (χ1n) is 14.9. The number of para-hydroxylation sites is 1. The number of fused-ring (bicyclic) bond motifs is 6. The van der Waals surface area contributed by atoms with E-state index in [-0.39, 0.29) is 28.7 Å². The largest absolute Gasteiger partial charge is 0.408 e. The monoisotopic (exact) mass is 507 g/mol. The fourth-order valence-electron chi connectivity index (χ4n) is 10.1. The molecule has 1 heterocycles. The van der Waals surface area contributed by atoms with Gasteiger partial charge in [0.15, 0.2) is 5.89 Å². The molecule has 202 valence electrons. The maximum Gasteiger partial charge on any atom is 0.346 e. The Balaban J connectivity index is 1.19. The second-order valence-corrected chi connectivity index (χ2v) is 13.8. The second kappa shape index (κ2) is 9.19. The lowest BCUT2D eigenvalue weighted by Crippen LogP contribution is -2.58. The van der Waals surface area contributed by atoms with Crippen molar-refractivity contribution in [1.29, 1.82) is 0 Å². The van der Waals surface area contributed by atoms with Crippen LogP contribution in [0.15, 0.2) is 27.4 Å². The summed E-state index contributed by atoms with van der Waals surface area (Å²) in [7, 11) is 0. The fourth-order valence-corrected chi connectivity index (χ4v) is 10.1. The number of hydrogen-bond donors (Lipinski definition) is 2. The van der Waals surface area contributed by atoms with Gasteiger partial charge in [-0.25, -0.2) is 9.78 Å². The zero-order valence-electron chi connectivity index (χ0n) is 23.1. The van der Waals surface area contributed by atoms with E-state index in [4.69, 9.17) is 9.40 Å². The van der Waals surface area contributed by atoms with Crippen molar-refractivity contribution in [3.05, 3.63) is 40.1 Å². The average Bonchev–Trinajstić information content (AvgIpc) is 3.21. The Kier molecular flexibility index (Phi) is 6.35. The van der Waals surface area contributed by atoms with Crippen LogP contribution in [0.25, 0.3) is 10.9 Å². The number of aryl methyl sites for hydroxylation is 2. The van der Waals surface area contributed by atoms with Gasteiger partial charge in [0.1, 0.15) is 0 Å². The summed E-state index contributed by atoms with van der Waals surface area (Å²) < 4.78 is 5.63. The van der Waals surface area contributed by atoms with Crippen LogP contribution in [0.5, 0.6) is 0 Å². The molecule has 6 rings (SSSR count). The Bertz CT molecular complexity index is 1220. The van der Waals surface area contributed by atoms with Gasteiger partial charge in [0, 0.05) is 6.42 Å². The molecule has 0 aliphatic heterocycles. The minimum atomic E-state index is -0.282. The average molecular weight is 508 g/mol. The predicted molar refractivity (Wildman–Crippen MR) is 145 cm³/mol. The van der Waals surface area contributed by atoms with E-state index in [0.29, 0.717) is 53.2 Å². The van der Waals surface area contributed by atoms with E-state index in [9.17, 15) is 15.0 Å². The maximum atomic E-state index is 12.6. The molecule has 2 aromatic rings. The molecule has 5 heteroatoms. The van der Waals surface area contributed by atoms with Crippen LogP contribution in [-0.2, 0) is 6.42 Å². The lowest BCUT2D eigenvalue weighted by atomic mass is 9.43. The van der Waals surface area contributed by atoms with Gasteiger partial charge in [-0.1, -0.05) is 32.9 Å². The third-order valence-electron chi connectivity index (χ3n) is 12.1. The van der Waals surface area contributed by atoms with E-state index in [1.807, 2.05) is 19.1 Å². The first kappa shape index (κ1) is 25.6. The van der Waals surface area contributed by atoms with Gasteiger partial charge in [0.25, 0.3) is 0 Å². The smallest absolute Gasteiger partial charge is 0.346 e. The van der Waals surface area contributed by atoms with Gasteiger partial charge >= 0.3 is 5.63 Å². The van der Waals surface area contributed by atoms with Gasteiger partial charge in [0.05, 0.1) is 23.1 Å². The molecule has 4 saturated carbocycles. The zero-order chi connectivity index (χ0) is 26.1. The van der Waals surface area contributed by atoms with Crippen LogP contribution in [-0.4, -0.2) is 27.4 Å². The molecule has 1 aromatic heterocycles. The summed E-state index contributed by atoms with van der Waals surface area (Å²) in [6, 6.07) is 5.67. The van der Waals surface area contributed by atoms with Gasteiger partial charge in [-0.15, -0.1) is 0 Å². The van der Waals surface area contributed by atoms with Gasteiger partial charge in [-0.3, -0.25) is 0 Å². The van der Waals surface area contributed by atoms with Gasteiger partial charge in [-0.2, -0.15) is 0 Å². The summed E-state index contributed by atoms with van der Waals surface area (Å²) in [5.41, 5.74) is 2.02. The van der Waals surface area contributed by atoms with Crippen LogP contribution in [0.1, 0.15) is 90.0 Å². The van der Waals surface area contributed by atoms with Crippen LogP contribution in [0.2, 0.25) is 0 Å². The van der Waals surface area contributed by atoms with Gasteiger partial charge in [0.2, 0.25) is 0 Å². The molecule has 10 atom stereocenters. The van der Waals surface area contributed by atoms with Crippen LogP contribution in [0, 0.1) is 53.3 Å². The summed E-state index contributed by atoms with van der Waals surface area (Å²) in [4.78, 5) is 17.3. The minimum absolute atomic E-state index is 0.183. The molecule has 0 radical (unpaired) electrons. The number of aromatic nitrogens is 1.